The molecule has 7 nitrogen and oxygen atoms in total. The Balaban J connectivity index is 2.05. The molecule has 1 atom stereocenters. The molecule has 7 heteroatoms. The minimum absolute atomic E-state index is 0.0122. The first kappa shape index (κ1) is 16.3. The molecule has 1 fully saturated rings. The Morgan fingerprint density at radius 1 is 1.36 bits per heavy atom. The largest absolute Gasteiger partial charge is 0.375 e. The highest BCUT2D eigenvalue weighted by molar-refractivity contribution is 5.95. The molecule has 4 N–H and O–H groups in total. The molecule has 1 heterocycles. The summed E-state index contributed by atoms with van der Waals surface area (Å²) in [5.74, 6) is -0.236. The number of amides is 3. The van der Waals surface area contributed by atoms with E-state index in [0.29, 0.717) is 24.5 Å². The summed E-state index contributed by atoms with van der Waals surface area (Å²) < 4.78 is 4.79. The second-order valence-corrected chi connectivity index (χ2v) is 5.38. The first-order chi connectivity index (χ1) is 10.5. The summed E-state index contributed by atoms with van der Waals surface area (Å²) in [4.78, 5) is 25.5. The average molecular weight is 306 g/mol. The number of anilines is 2. The smallest absolute Gasteiger partial charge is 0.321 e. The molecular weight excluding hydrogens is 284 g/mol. The summed E-state index contributed by atoms with van der Waals surface area (Å²) in [6.45, 7) is 3.06. The number of ether oxygens (including phenoxy) is 1. The highest BCUT2D eigenvalue weighted by Gasteiger charge is 2.24. The van der Waals surface area contributed by atoms with Crippen molar-refractivity contribution in [1.29, 1.82) is 0 Å². The molecule has 1 aromatic carbocycles. The minimum atomic E-state index is -0.236. The summed E-state index contributed by atoms with van der Waals surface area (Å²) in [7, 11) is 1.46. The summed E-state index contributed by atoms with van der Waals surface area (Å²) in [6.07, 6.45) is 0.819. The van der Waals surface area contributed by atoms with Gasteiger partial charge in [0.25, 0.3) is 0 Å². The summed E-state index contributed by atoms with van der Waals surface area (Å²) >= 11 is 0. The third kappa shape index (κ3) is 3.96. The van der Waals surface area contributed by atoms with Crippen molar-refractivity contribution >= 4 is 23.3 Å². The Bertz CT molecular complexity index is 562. The van der Waals surface area contributed by atoms with Crippen LogP contribution in [0, 0.1) is 6.92 Å². The Labute approximate surface area is 129 Å². The minimum Gasteiger partial charge on any atom is -0.375 e. The van der Waals surface area contributed by atoms with Crippen molar-refractivity contribution < 1.29 is 14.3 Å². The Kier molecular flexibility index (Phi) is 5.35. The standard InChI is InChI=1S/C15H22N4O3/c1-10-12(17-14(20)9-22-2)4-3-5-13(10)18-15(21)19-7-6-11(16)8-19/h3-5,11H,6-9,16H2,1-2H3,(H,17,20)(H,18,21). The van der Waals surface area contributed by atoms with Gasteiger partial charge in [0.15, 0.2) is 0 Å². The number of likely N-dealkylation sites (tertiary alicyclic amines) is 1. The van der Waals surface area contributed by atoms with Crippen LogP contribution in [-0.4, -0.2) is 49.7 Å². The van der Waals surface area contributed by atoms with Crippen LogP contribution in [0.3, 0.4) is 0 Å². The van der Waals surface area contributed by atoms with E-state index in [1.807, 2.05) is 6.92 Å². The van der Waals surface area contributed by atoms with E-state index in [2.05, 4.69) is 10.6 Å². The van der Waals surface area contributed by atoms with Crippen LogP contribution in [0.25, 0.3) is 0 Å². The van der Waals surface area contributed by atoms with Crippen molar-refractivity contribution in [2.45, 2.75) is 19.4 Å². The van der Waals surface area contributed by atoms with E-state index >= 15 is 0 Å². The molecular formula is C15H22N4O3. The second kappa shape index (κ2) is 7.24. The van der Waals surface area contributed by atoms with Crippen molar-refractivity contribution in [2.75, 3.05) is 37.4 Å². The molecule has 0 radical (unpaired) electrons. The molecule has 1 saturated heterocycles. The molecule has 1 unspecified atom stereocenters. The van der Waals surface area contributed by atoms with Gasteiger partial charge < -0.3 is 26.0 Å². The van der Waals surface area contributed by atoms with Crippen molar-refractivity contribution in [3.05, 3.63) is 23.8 Å². The predicted octanol–water partition coefficient (Wildman–Crippen LogP) is 1.14. The van der Waals surface area contributed by atoms with E-state index < -0.39 is 0 Å². The lowest BCUT2D eigenvalue weighted by Crippen LogP contribution is -2.35. The van der Waals surface area contributed by atoms with Gasteiger partial charge in [-0.25, -0.2) is 4.79 Å². The number of benzene rings is 1. The van der Waals surface area contributed by atoms with Crippen LogP contribution in [0.2, 0.25) is 0 Å². The highest BCUT2D eigenvalue weighted by Crippen LogP contribution is 2.24. The SMILES string of the molecule is COCC(=O)Nc1cccc(NC(=O)N2CCC(N)C2)c1C. The first-order valence-corrected chi connectivity index (χ1v) is 7.21. The number of urea groups is 1. The van der Waals surface area contributed by atoms with Gasteiger partial charge in [0, 0.05) is 37.6 Å². The van der Waals surface area contributed by atoms with Gasteiger partial charge in [0.1, 0.15) is 6.61 Å². The normalized spacial score (nSPS) is 17.4. The number of carbonyl (C=O) groups is 2. The van der Waals surface area contributed by atoms with Crippen LogP contribution in [0.5, 0.6) is 0 Å². The number of methoxy groups -OCH3 is 1. The number of nitrogens with one attached hydrogen (secondary N) is 2. The van der Waals surface area contributed by atoms with E-state index in [4.69, 9.17) is 10.5 Å². The van der Waals surface area contributed by atoms with Gasteiger partial charge in [-0.05, 0) is 31.0 Å². The van der Waals surface area contributed by atoms with E-state index in [-0.39, 0.29) is 24.6 Å². The molecule has 0 aromatic heterocycles. The van der Waals surface area contributed by atoms with Gasteiger partial charge in [-0.3, -0.25) is 4.79 Å². The molecule has 1 aliphatic heterocycles. The number of rotatable bonds is 4. The topological polar surface area (TPSA) is 96.7 Å². The molecule has 22 heavy (non-hydrogen) atoms. The number of nitrogens with zero attached hydrogens (tertiary/aromatic N) is 1. The molecule has 0 spiro atoms. The fourth-order valence-corrected chi connectivity index (χ4v) is 2.39. The maximum Gasteiger partial charge on any atom is 0.321 e. The monoisotopic (exact) mass is 306 g/mol. The van der Waals surface area contributed by atoms with E-state index in [0.717, 1.165) is 12.0 Å². The van der Waals surface area contributed by atoms with Crippen LogP contribution in [-0.2, 0) is 9.53 Å². The van der Waals surface area contributed by atoms with Crippen LogP contribution >= 0.6 is 0 Å². The molecule has 3 amide bonds. The molecule has 2 rings (SSSR count). The fraction of sp³-hybridized carbons (Fsp3) is 0.467. The third-order valence-electron chi connectivity index (χ3n) is 3.64. The zero-order valence-corrected chi connectivity index (χ0v) is 12.9. The van der Waals surface area contributed by atoms with Crippen LogP contribution in [0.1, 0.15) is 12.0 Å². The maximum atomic E-state index is 12.2. The predicted molar refractivity (Wildman–Crippen MR) is 84.9 cm³/mol. The molecule has 0 bridgehead atoms. The van der Waals surface area contributed by atoms with Crippen LogP contribution in [0.15, 0.2) is 18.2 Å². The zero-order chi connectivity index (χ0) is 16.1. The summed E-state index contributed by atoms with van der Waals surface area (Å²) in [5.41, 5.74) is 7.93. The fourth-order valence-electron chi connectivity index (χ4n) is 2.39. The lowest BCUT2D eigenvalue weighted by atomic mass is 10.1. The van der Waals surface area contributed by atoms with E-state index in [1.165, 1.54) is 7.11 Å². The van der Waals surface area contributed by atoms with Crippen LogP contribution < -0.4 is 16.4 Å². The molecule has 1 aliphatic rings. The van der Waals surface area contributed by atoms with Gasteiger partial charge in [-0.2, -0.15) is 0 Å². The second-order valence-electron chi connectivity index (χ2n) is 5.38. The lowest BCUT2D eigenvalue weighted by molar-refractivity contribution is -0.119. The number of hydrogen-bond donors (Lipinski definition) is 3. The quantitative estimate of drug-likeness (QED) is 0.777. The Morgan fingerprint density at radius 3 is 2.64 bits per heavy atom. The highest BCUT2D eigenvalue weighted by atomic mass is 16.5. The van der Waals surface area contributed by atoms with Crippen LogP contribution in [0.4, 0.5) is 16.2 Å². The van der Waals surface area contributed by atoms with Gasteiger partial charge in [0.2, 0.25) is 5.91 Å². The van der Waals surface area contributed by atoms with E-state index in [9.17, 15) is 9.59 Å². The lowest BCUT2D eigenvalue weighted by Gasteiger charge is -2.19. The zero-order valence-electron chi connectivity index (χ0n) is 12.9. The first-order valence-electron chi connectivity index (χ1n) is 7.21. The number of nitrogens with two attached hydrogens (primary N) is 1. The van der Waals surface area contributed by atoms with Crippen molar-refractivity contribution in [2.24, 2.45) is 5.73 Å². The molecule has 0 aliphatic carbocycles. The Morgan fingerprint density at radius 2 is 2.05 bits per heavy atom. The third-order valence-corrected chi connectivity index (χ3v) is 3.64. The molecule has 1 aromatic rings. The van der Waals surface area contributed by atoms with Crippen molar-refractivity contribution in [3.63, 3.8) is 0 Å². The summed E-state index contributed by atoms with van der Waals surface area (Å²) in [5, 5.41) is 5.62. The van der Waals surface area contributed by atoms with Crippen molar-refractivity contribution in [3.8, 4) is 0 Å². The molecule has 120 valence electrons. The summed E-state index contributed by atoms with van der Waals surface area (Å²) in [6, 6.07) is 5.24. The number of carbonyl (C=O) groups excluding carboxylic acids is 2. The van der Waals surface area contributed by atoms with Crippen molar-refractivity contribution in [1.82, 2.24) is 4.90 Å². The van der Waals surface area contributed by atoms with Gasteiger partial charge in [0.05, 0.1) is 0 Å². The van der Waals surface area contributed by atoms with Gasteiger partial charge in [-0.1, -0.05) is 6.07 Å². The Hall–Kier alpha value is -2.12. The maximum absolute atomic E-state index is 12.2. The average Bonchev–Trinajstić information content (AvgIpc) is 2.90. The number of hydrogen-bond acceptors (Lipinski definition) is 4. The van der Waals surface area contributed by atoms with E-state index in [1.54, 1.807) is 23.1 Å². The van der Waals surface area contributed by atoms with Gasteiger partial charge in [-0.15, -0.1) is 0 Å². The van der Waals surface area contributed by atoms with Gasteiger partial charge >= 0.3 is 6.03 Å². The molecule has 0 saturated carbocycles.